The number of fused-ring (bicyclic) bond motifs is 1. The van der Waals surface area contributed by atoms with E-state index in [1.807, 2.05) is 6.07 Å². The summed E-state index contributed by atoms with van der Waals surface area (Å²) in [6.07, 6.45) is 2.39. The van der Waals surface area contributed by atoms with E-state index in [9.17, 15) is 0 Å². The molecule has 0 saturated heterocycles. The summed E-state index contributed by atoms with van der Waals surface area (Å²) in [5.74, 6) is 0. The lowest BCUT2D eigenvalue weighted by molar-refractivity contribution is 0.218. The van der Waals surface area contributed by atoms with Crippen LogP contribution in [0, 0.1) is 0 Å². The molecule has 0 aliphatic heterocycles. The Balaban J connectivity index is 2.06. The topological polar surface area (TPSA) is 32.5 Å². The van der Waals surface area contributed by atoms with Crippen molar-refractivity contribution in [2.45, 2.75) is 18.9 Å². The molecule has 17 heavy (non-hydrogen) atoms. The second-order valence-electron chi connectivity index (χ2n) is 5.30. The van der Waals surface area contributed by atoms with Crippen LogP contribution in [0.5, 0.6) is 0 Å². The highest BCUT2D eigenvalue weighted by atomic mass is 15.2. The molecule has 1 aliphatic carbocycles. The van der Waals surface area contributed by atoms with Gasteiger partial charge in [0.05, 0.1) is 0 Å². The zero-order valence-electron chi connectivity index (χ0n) is 11.1. The van der Waals surface area contributed by atoms with E-state index in [2.05, 4.69) is 43.1 Å². The molecule has 0 heterocycles. The zero-order valence-corrected chi connectivity index (χ0v) is 11.1. The first-order valence-electron chi connectivity index (χ1n) is 6.31. The van der Waals surface area contributed by atoms with Crippen LogP contribution in [0.25, 0.3) is 0 Å². The number of aryl methyl sites for hydroxylation is 1. The summed E-state index contributed by atoms with van der Waals surface area (Å²) in [4.78, 5) is 4.69. The van der Waals surface area contributed by atoms with Crippen LogP contribution in [-0.2, 0) is 6.42 Å². The smallest absolute Gasteiger partial charge is 0.0351 e. The van der Waals surface area contributed by atoms with Gasteiger partial charge in [-0.15, -0.1) is 0 Å². The third-order valence-electron chi connectivity index (χ3n) is 3.65. The summed E-state index contributed by atoms with van der Waals surface area (Å²) in [5.41, 5.74) is 9.63. The lowest BCUT2D eigenvalue weighted by Gasteiger charge is -2.26. The van der Waals surface area contributed by atoms with Crippen molar-refractivity contribution in [3.8, 4) is 0 Å². The molecule has 1 aliphatic rings. The van der Waals surface area contributed by atoms with Crippen molar-refractivity contribution in [1.29, 1.82) is 0 Å². The van der Waals surface area contributed by atoms with Gasteiger partial charge in [0.15, 0.2) is 0 Å². The van der Waals surface area contributed by atoms with Gasteiger partial charge in [-0.25, -0.2) is 0 Å². The van der Waals surface area contributed by atoms with Gasteiger partial charge in [0, 0.05) is 24.8 Å². The average Bonchev–Trinajstić information content (AvgIpc) is 2.68. The first kappa shape index (κ1) is 12.4. The van der Waals surface area contributed by atoms with Crippen LogP contribution in [0.2, 0.25) is 0 Å². The number of hydrogen-bond donors (Lipinski definition) is 1. The Hall–Kier alpha value is -1.06. The molecule has 2 rings (SSSR count). The van der Waals surface area contributed by atoms with E-state index < -0.39 is 0 Å². The number of rotatable bonds is 4. The highest BCUT2D eigenvalue weighted by Gasteiger charge is 2.25. The fourth-order valence-electron chi connectivity index (χ4n) is 2.59. The van der Waals surface area contributed by atoms with Crippen LogP contribution in [0.1, 0.15) is 23.6 Å². The van der Waals surface area contributed by atoms with Crippen LogP contribution in [0.15, 0.2) is 18.2 Å². The Morgan fingerprint density at radius 3 is 2.71 bits per heavy atom. The minimum absolute atomic E-state index is 0.575. The summed E-state index contributed by atoms with van der Waals surface area (Å²) < 4.78 is 0. The molecule has 1 unspecified atom stereocenters. The maximum absolute atomic E-state index is 5.83. The molecule has 3 heteroatoms. The quantitative estimate of drug-likeness (QED) is 0.804. The van der Waals surface area contributed by atoms with Crippen LogP contribution in [0.4, 0.5) is 5.69 Å². The van der Waals surface area contributed by atoms with Crippen molar-refractivity contribution >= 4 is 5.69 Å². The Kier molecular flexibility index (Phi) is 3.69. The lowest BCUT2D eigenvalue weighted by atomic mass is 10.1. The Bertz CT molecular complexity index is 387. The molecular formula is C14H23N3. The van der Waals surface area contributed by atoms with Gasteiger partial charge in [0.25, 0.3) is 0 Å². The van der Waals surface area contributed by atoms with Crippen molar-refractivity contribution in [3.63, 3.8) is 0 Å². The van der Waals surface area contributed by atoms with Crippen molar-refractivity contribution in [1.82, 2.24) is 9.80 Å². The van der Waals surface area contributed by atoms with Crippen molar-refractivity contribution in [2.75, 3.05) is 40.0 Å². The first-order valence-corrected chi connectivity index (χ1v) is 6.31. The molecule has 0 spiro atoms. The summed E-state index contributed by atoms with van der Waals surface area (Å²) in [6, 6.07) is 6.94. The van der Waals surface area contributed by atoms with Crippen LogP contribution < -0.4 is 5.73 Å². The van der Waals surface area contributed by atoms with Crippen LogP contribution in [0.3, 0.4) is 0 Å². The zero-order chi connectivity index (χ0) is 12.4. The van der Waals surface area contributed by atoms with E-state index in [1.165, 1.54) is 17.5 Å². The van der Waals surface area contributed by atoms with Gasteiger partial charge < -0.3 is 10.6 Å². The molecule has 0 radical (unpaired) electrons. The van der Waals surface area contributed by atoms with E-state index in [0.717, 1.165) is 25.2 Å². The molecular weight excluding hydrogens is 210 g/mol. The maximum atomic E-state index is 5.83. The SMILES string of the molecule is CN(C)CCN(C)C1CCc2cc(N)ccc21. The summed E-state index contributed by atoms with van der Waals surface area (Å²) >= 11 is 0. The van der Waals surface area contributed by atoms with Gasteiger partial charge in [-0.05, 0) is 57.2 Å². The predicted molar refractivity (Wildman–Crippen MR) is 73.1 cm³/mol. The molecule has 0 bridgehead atoms. The average molecular weight is 233 g/mol. The van der Waals surface area contributed by atoms with Crippen LogP contribution >= 0.6 is 0 Å². The Morgan fingerprint density at radius 1 is 1.24 bits per heavy atom. The molecule has 0 amide bonds. The van der Waals surface area contributed by atoms with Gasteiger partial charge in [-0.2, -0.15) is 0 Å². The van der Waals surface area contributed by atoms with Crippen molar-refractivity contribution in [2.24, 2.45) is 0 Å². The third-order valence-corrected chi connectivity index (χ3v) is 3.65. The number of likely N-dealkylation sites (N-methyl/N-ethyl adjacent to an activating group) is 2. The summed E-state index contributed by atoms with van der Waals surface area (Å²) in [6.45, 7) is 2.22. The van der Waals surface area contributed by atoms with Gasteiger partial charge in [-0.3, -0.25) is 4.90 Å². The Morgan fingerprint density at radius 2 is 2.00 bits per heavy atom. The minimum Gasteiger partial charge on any atom is -0.399 e. The molecule has 94 valence electrons. The molecule has 1 aromatic rings. The highest BCUT2D eigenvalue weighted by Crippen LogP contribution is 2.35. The monoisotopic (exact) mass is 233 g/mol. The normalized spacial score (nSPS) is 19.0. The van der Waals surface area contributed by atoms with Gasteiger partial charge in [-0.1, -0.05) is 6.07 Å². The number of benzene rings is 1. The van der Waals surface area contributed by atoms with Crippen LogP contribution in [-0.4, -0.2) is 44.0 Å². The van der Waals surface area contributed by atoms with E-state index in [-0.39, 0.29) is 0 Å². The van der Waals surface area contributed by atoms with E-state index in [0.29, 0.717) is 6.04 Å². The molecule has 0 aromatic heterocycles. The first-order chi connectivity index (χ1) is 8.08. The number of nitrogen functional groups attached to an aromatic ring is 1. The van der Waals surface area contributed by atoms with E-state index in [1.54, 1.807) is 0 Å². The minimum atomic E-state index is 0.575. The molecule has 0 saturated carbocycles. The van der Waals surface area contributed by atoms with Crippen molar-refractivity contribution < 1.29 is 0 Å². The molecule has 3 nitrogen and oxygen atoms in total. The molecule has 1 atom stereocenters. The second-order valence-corrected chi connectivity index (χ2v) is 5.30. The molecule has 2 N–H and O–H groups in total. The Labute approximate surface area is 104 Å². The number of nitrogens with zero attached hydrogens (tertiary/aromatic N) is 2. The fraction of sp³-hybridized carbons (Fsp3) is 0.571. The molecule has 1 aromatic carbocycles. The number of hydrogen-bond acceptors (Lipinski definition) is 3. The molecule has 0 fully saturated rings. The number of nitrogens with two attached hydrogens (primary N) is 1. The summed E-state index contributed by atoms with van der Waals surface area (Å²) in [7, 11) is 6.47. The van der Waals surface area contributed by atoms with E-state index >= 15 is 0 Å². The standard InChI is InChI=1S/C14H23N3/c1-16(2)8-9-17(3)14-7-4-11-10-12(15)5-6-13(11)14/h5-6,10,14H,4,7-9,15H2,1-3H3. The number of anilines is 1. The van der Waals surface area contributed by atoms with Gasteiger partial charge in [0.2, 0.25) is 0 Å². The highest BCUT2D eigenvalue weighted by molar-refractivity contribution is 5.47. The van der Waals surface area contributed by atoms with Gasteiger partial charge >= 0.3 is 0 Å². The largest absolute Gasteiger partial charge is 0.399 e. The lowest BCUT2D eigenvalue weighted by Crippen LogP contribution is -2.31. The van der Waals surface area contributed by atoms with E-state index in [4.69, 9.17) is 5.73 Å². The third kappa shape index (κ3) is 2.79. The fourth-order valence-corrected chi connectivity index (χ4v) is 2.59. The van der Waals surface area contributed by atoms with Gasteiger partial charge in [0.1, 0.15) is 0 Å². The predicted octanol–water partition coefficient (Wildman–Crippen LogP) is 1.75. The van der Waals surface area contributed by atoms with Crippen molar-refractivity contribution in [3.05, 3.63) is 29.3 Å². The summed E-state index contributed by atoms with van der Waals surface area (Å²) in [5, 5.41) is 0. The maximum Gasteiger partial charge on any atom is 0.0351 e. The second kappa shape index (κ2) is 5.07.